The Labute approximate surface area is 204 Å². The number of ether oxygens (including phenoxy) is 2. The molecule has 1 aliphatic rings. The Bertz CT molecular complexity index is 559. The number of rotatable bonds is 18. The predicted molar refractivity (Wildman–Crippen MR) is 129 cm³/mol. The first-order valence-corrected chi connectivity index (χ1v) is 12.9. The van der Waals surface area contributed by atoms with Crippen LogP contribution in [0.4, 0.5) is 0 Å². The number of carbonyl (C=O) groups excluding carboxylic acids is 1. The molecule has 7 atom stereocenters. The predicted octanol–water partition coefficient (Wildman–Crippen LogP) is 1.54. The fourth-order valence-corrected chi connectivity index (χ4v) is 3.83. The Hall–Kier alpha value is -1.07. The zero-order chi connectivity index (χ0) is 25.3. The highest BCUT2D eigenvalue weighted by molar-refractivity contribution is 5.76. The molecule has 1 aliphatic heterocycles. The Morgan fingerprint density at radius 2 is 1.62 bits per heavy atom. The third-order valence-electron chi connectivity index (χ3n) is 6.11. The van der Waals surface area contributed by atoms with Gasteiger partial charge in [0.15, 0.2) is 6.29 Å². The van der Waals surface area contributed by atoms with E-state index in [1.165, 1.54) is 32.1 Å². The molecule has 9 heteroatoms. The summed E-state index contributed by atoms with van der Waals surface area (Å²) in [5.74, 6) is -0.219. The highest BCUT2D eigenvalue weighted by Gasteiger charge is 2.44. The van der Waals surface area contributed by atoms with E-state index in [4.69, 9.17) is 9.47 Å². The van der Waals surface area contributed by atoms with Crippen LogP contribution in [-0.4, -0.2) is 87.5 Å². The van der Waals surface area contributed by atoms with Crippen LogP contribution in [0.5, 0.6) is 0 Å². The molecule has 0 saturated carbocycles. The second-order valence-electron chi connectivity index (χ2n) is 9.14. The van der Waals surface area contributed by atoms with Gasteiger partial charge in [0.25, 0.3) is 0 Å². The number of allylic oxidation sites excluding steroid dienone is 1. The molecule has 9 nitrogen and oxygen atoms in total. The third kappa shape index (κ3) is 11.6. The number of unbranched alkanes of at least 4 members (excludes halogenated alkanes) is 8. The van der Waals surface area contributed by atoms with Gasteiger partial charge in [0, 0.05) is 6.42 Å². The van der Waals surface area contributed by atoms with Crippen LogP contribution in [-0.2, 0) is 14.3 Å². The van der Waals surface area contributed by atoms with E-state index in [0.717, 1.165) is 32.1 Å². The summed E-state index contributed by atoms with van der Waals surface area (Å²) >= 11 is 0. The molecule has 0 aliphatic carbocycles. The Morgan fingerprint density at radius 1 is 0.971 bits per heavy atom. The van der Waals surface area contributed by atoms with Crippen molar-refractivity contribution in [2.24, 2.45) is 0 Å². The van der Waals surface area contributed by atoms with Crippen LogP contribution in [0.15, 0.2) is 12.2 Å². The van der Waals surface area contributed by atoms with Crippen molar-refractivity contribution in [3.05, 3.63) is 12.2 Å². The minimum absolute atomic E-state index is 0.191. The second kappa shape index (κ2) is 18.2. The van der Waals surface area contributed by atoms with E-state index < -0.39 is 49.5 Å². The summed E-state index contributed by atoms with van der Waals surface area (Å²) in [6.45, 7) is 3.42. The molecular formula is C25H47NO8. The van der Waals surface area contributed by atoms with Crippen LogP contribution < -0.4 is 5.32 Å². The molecule has 6 N–H and O–H groups in total. The topological polar surface area (TPSA) is 149 Å². The number of hydrogen-bond donors (Lipinski definition) is 6. The van der Waals surface area contributed by atoms with Crippen LogP contribution in [0.1, 0.15) is 84.5 Å². The van der Waals surface area contributed by atoms with Crippen molar-refractivity contribution in [3.8, 4) is 0 Å². The Balaban J connectivity index is 2.60. The minimum atomic E-state index is -1.56. The molecule has 1 fully saturated rings. The van der Waals surface area contributed by atoms with E-state index in [0.29, 0.717) is 6.42 Å². The van der Waals surface area contributed by atoms with Crippen LogP contribution in [0.2, 0.25) is 0 Å². The molecule has 1 rings (SSSR count). The molecule has 1 heterocycles. The van der Waals surface area contributed by atoms with Gasteiger partial charge in [0.2, 0.25) is 5.91 Å². The van der Waals surface area contributed by atoms with Crippen molar-refractivity contribution < 1.29 is 39.8 Å². The van der Waals surface area contributed by atoms with E-state index >= 15 is 0 Å². The van der Waals surface area contributed by atoms with Gasteiger partial charge in [-0.3, -0.25) is 4.79 Å². The normalized spacial score (nSPS) is 27.1. The van der Waals surface area contributed by atoms with Crippen molar-refractivity contribution in [3.63, 3.8) is 0 Å². The molecule has 0 spiro atoms. The van der Waals surface area contributed by atoms with Crippen LogP contribution in [0.3, 0.4) is 0 Å². The summed E-state index contributed by atoms with van der Waals surface area (Å²) < 4.78 is 10.9. The van der Waals surface area contributed by atoms with Crippen LogP contribution in [0, 0.1) is 0 Å². The highest BCUT2D eigenvalue weighted by Crippen LogP contribution is 2.22. The largest absolute Gasteiger partial charge is 0.394 e. The first-order valence-electron chi connectivity index (χ1n) is 12.9. The van der Waals surface area contributed by atoms with Crippen molar-refractivity contribution in [1.29, 1.82) is 0 Å². The summed E-state index contributed by atoms with van der Waals surface area (Å²) in [6, 6.07) is -0.790. The van der Waals surface area contributed by atoms with Gasteiger partial charge in [0.1, 0.15) is 24.4 Å². The van der Waals surface area contributed by atoms with Gasteiger partial charge in [0.05, 0.1) is 25.4 Å². The van der Waals surface area contributed by atoms with Crippen LogP contribution >= 0.6 is 0 Å². The number of carbonyl (C=O) groups is 1. The summed E-state index contributed by atoms with van der Waals surface area (Å²) in [4.78, 5) is 12.3. The lowest BCUT2D eigenvalue weighted by atomic mass is 9.99. The SMILES string of the molecule is CCCCCCCCC/C=C/C(O)C(COC1OC(CO)C(O)C(O)C1O)NC(=O)CCCC. The van der Waals surface area contributed by atoms with Crippen molar-refractivity contribution in [2.75, 3.05) is 13.2 Å². The average Bonchev–Trinajstić information content (AvgIpc) is 2.83. The molecule has 200 valence electrons. The van der Waals surface area contributed by atoms with Crippen molar-refractivity contribution >= 4 is 5.91 Å². The van der Waals surface area contributed by atoms with E-state index in [1.807, 2.05) is 13.0 Å². The van der Waals surface area contributed by atoms with Crippen molar-refractivity contribution in [2.45, 2.75) is 127 Å². The fourth-order valence-electron chi connectivity index (χ4n) is 3.83. The summed E-state index contributed by atoms with van der Waals surface area (Å²) in [7, 11) is 0. The first kappa shape index (κ1) is 31.0. The quantitative estimate of drug-likeness (QED) is 0.125. The van der Waals surface area contributed by atoms with E-state index in [1.54, 1.807) is 6.08 Å². The first-order chi connectivity index (χ1) is 16.3. The molecule has 1 amide bonds. The van der Waals surface area contributed by atoms with Gasteiger partial charge in [-0.25, -0.2) is 0 Å². The second-order valence-corrected chi connectivity index (χ2v) is 9.14. The molecule has 0 aromatic carbocycles. The standard InChI is InChI=1S/C25H47NO8/c1-3-5-7-8-9-10-11-12-13-14-19(28)18(26-21(29)15-6-4-2)17-33-25-24(32)23(31)22(30)20(16-27)34-25/h13-14,18-20,22-25,27-28,30-32H,3-12,15-17H2,1-2H3,(H,26,29)/b14-13+. The van der Waals surface area contributed by atoms with Gasteiger partial charge < -0.3 is 40.3 Å². The average molecular weight is 490 g/mol. The van der Waals surface area contributed by atoms with Crippen molar-refractivity contribution in [1.82, 2.24) is 5.32 Å². The van der Waals surface area contributed by atoms with E-state index in [-0.39, 0.29) is 12.5 Å². The molecule has 1 saturated heterocycles. The lowest BCUT2D eigenvalue weighted by Gasteiger charge is -2.40. The Kier molecular flexibility index (Phi) is 16.6. The number of aliphatic hydroxyl groups is 5. The zero-order valence-corrected chi connectivity index (χ0v) is 20.8. The Morgan fingerprint density at radius 3 is 2.26 bits per heavy atom. The molecule has 0 aromatic rings. The van der Waals surface area contributed by atoms with E-state index in [2.05, 4.69) is 12.2 Å². The van der Waals surface area contributed by atoms with Gasteiger partial charge in [-0.05, 0) is 19.3 Å². The third-order valence-corrected chi connectivity index (χ3v) is 6.11. The summed E-state index contributed by atoms with van der Waals surface area (Å²) in [6.07, 6.45) is 6.68. The zero-order valence-electron chi connectivity index (χ0n) is 20.8. The molecule has 0 radical (unpaired) electrons. The number of amides is 1. The number of nitrogens with one attached hydrogen (secondary N) is 1. The summed E-state index contributed by atoms with van der Waals surface area (Å²) in [5.41, 5.74) is 0. The molecule has 7 unspecified atom stereocenters. The number of hydrogen-bond acceptors (Lipinski definition) is 8. The van der Waals surface area contributed by atoms with Gasteiger partial charge in [-0.2, -0.15) is 0 Å². The van der Waals surface area contributed by atoms with E-state index in [9.17, 15) is 30.3 Å². The maximum Gasteiger partial charge on any atom is 0.220 e. The monoisotopic (exact) mass is 489 g/mol. The highest BCUT2D eigenvalue weighted by atomic mass is 16.7. The number of aliphatic hydroxyl groups excluding tert-OH is 5. The molecular weight excluding hydrogens is 442 g/mol. The molecule has 0 bridgehead atoms. The van der Waals surface area contributed by atoms with Gasteiger partial charge in [-0.1, -0.05) is 70.9 Å². The van der Waals surface area contributed by atoms with Gasteiger partial charge >= 0.3 is 0 Å². The molecule has 0 aromatic heterocycles. The maximum absolute atomic E-state index is 12.3. The lowest BCUT2D eigenvalue weighted by molar-refractivity contribution is -0.302. The molecule has 34 heavy (non-hydrogen) atoms. The fraction of sp³-hybridized carbons (Fsp3) is 0.880. The van der Waals surface area contributed by atoms with Gasteiger partial charge in [-0.15, -0.1) is 0 Å². The maximum atomic E-state index is 12.3. The van der Waals surface area contributed by atoms with Crippen LogP contribution in [0.25, 0.3) is 0 Å². The lowest BCUT2D eigenvalue weighted by Crippen LogP contribution is -2.60. The minimum Gasteiger partial charge on any atom is -0.394 e. The smallest absolute Gasteiger partial charge is 0.220 e. The summed E-state index contributed by atoms with van der Waals surface area (Å²) in [5, 5.41) is 52.7.